The van der Waals surface area contributed by atoms with Gasteiger partial charge in [0.25, 0.3) is 0 Å². The van der Waals surface area contributed by atoms with Crippen molar-refractivity contribution < 1.29 is 20.1 Å². The Hall–Kier alpha value is -3.31. The minimum Gasteiger partial charge on any atom is -0.508 e. The summed E-state index contributed by atoms with van der Waals surface area (Å²) in [4.78, 5) is 12.2. The predicted molar refractivity (Wildman–Crippen MR) is 107 cm³/mol. The van der Waals surface area contributed by atoms with Gasteiger partial charge in [0.05, 0.1) is 0 Å². The number of phenols is 2. The number of rotatable bonds is 9. The van der Waals surface area contributed by atoms with Gasteiger partial charge in [0.15, 0.2) is 5.78 Å². The van der Waals surface area contributed by atoms with Crippen LogP contribution >= 0.6 is 0 Å². The first-order valence-corrected chi connectivity index (χ1v) is 8.61. The maximum Gasteiger partial charge on any atom is 0.180 e. The summed E-state index contributed by atoms with van der Waals surface area (Å²) in [6, 6.07) is 13.3. The Morgan fingerprint density at radius 1 is 0.852 bits per heavy atom. The highest BCUT2D eigenvalue weighted by atomic mass is 16.3. The molecule has 0 atom stereocenters. The van der Waals surface area contributed by atoms with E-state index < -0.39 is 0 Å². The van der Waals surface area contributed by atoms with Crippen LogP contribution in [-0.2, 0) is 4.79 Å². The van der Waals surface area contributed by atoms with E-state index in [1.54, 1.807) is 60.7 Å². The van der Waals surface area contributed by atoms with Gasteiger partial charge in [-0.25, -0.2) is 0 Å². The molecule has 4 N–H and O–H groups in total. The van der Waals surface area contributed by atoms with E-state index in [0.717, 1.165) is 11.1 Å². The molecule has 5 heteroatoms. The minimum absolute atomic E-state index is 0.0661. The van der Waals surface area contributed by atoms with E-state index in [9.17, 15) is 15.0 Å². The Balaban J connectivity index is 2.09. The number of hydrogen-bond acceptors (Lipinski definition) is 5. The molecule has 2 aromatic carbocycles. The van der Waals surface area contributed by atoms with Crippen molar-refractivity contribution in [1.82, 2.24) is 5.32 Å². The first-order chi connectivity index (χ1) is 13.1. The molecule has 27 heavy (non-hydrogen) atoms. The highest BCUT2D eigenvalue weighted by Gasteiger charge is 1.98. The summed E-state index contributed by atoms with van der Waals surface area (Å²) in [6.45, 7) is 0.605. The first kappa shape index (κ1) is 20.0. The lowest BCUT2D eigenvalue weighted by Crippen LogP contribution is -2.15. The van der Waals surface area contributed by atoms with Gasteiger partial charge in [-0.1, -0.05) is 36.4 Å². The molecule has 0 aliphatic carbocycles. The molecule has 0 saturated carbocycles. The molecular formula is C22H23NO4. The van der Waals surface area contributed by atoms with Gasteiger partial charge in [0.1, 0.15) is 11.5 Å². The number of aliphatic hydroxyl groups excluding tert-OH is 1. The molecule has 0 saturated heterocycles. The molecule has 0 unspecified atom stereocenters. The third kappa shape index (κ3) is 7.63. The zero-order valence-corrected chi connectivity index (χ0v) is 14.9. The second-order valence-corrected chi connectivity index (χ2v) is 5.86. The van der Waals surface area contributed by atoms with Crippen LogP contribution in [0.4, 0.5) is 0 Å². The van der Waals surface area contributed by atoms with Crippen LogP contribution in [-0.4, -0.2) is 34.3 Å². The molecule has 5 nitrogen and oxygen atoms in total. The number of benzene rings is 2. The molecule has 0 heterocycles. The van der Waals surface area contributed by atoms with Crippen LogP contribution in [0.25, 0.3) is 12.2 Å². The molecule has 0 aliphatic rings. The number of phenolic OH excluding ortho intramolecular Hbond substituents is 2. The maximum absolute atomic E-state index is 12.2. The maximum atomic E-state index is 12.2. The summed E-state index contributed by atoms with van der Waals surface area (Å²) in [5.74, 6) is 0.177. The van der Waals surface area contributed by atoms with Crippen LogP contribution in [0, 0.1) is 0 Å². The Morgan fingerprint density at radius 2 is 1.37 bits per heavy atom. The molecule has 0 fully saturated rings. The van der Waals surface area contributed by atoms with Gasteiger partial charge in [-0.15, -0.1) is 0 Å². The van der Waals surface area contributed by atoms with Crippen molar-refractivity contribution in [3.05, 3.63) is 83.6 Å². The van der Waals surface area contributed by atoms with Crippen LogP contribution in [0.2, 0.25) is 0 Å². The third-order valence-electron chi connectivity index (χ3n) is 3.64. The summed E-state index contributed by atoms with van der Waals surface area (Å²) in [7, 11) is 0. The largest absolute Gasteiger partial charge is 0.508 e. The highest BCUT2D eigenvalue weighted by molar-refractivity contribution is 6.02. The second-order valence-electron chi connectivity index (χ2n) is 5.86. The lowest BCUT2D eigenvalue weighted by Gasteiger charge is -2.06. The lowest BCUT2D eigenvalue weighted by molar-refractivity contribution is -0.110. The van der Waals surface area contributed by atoms with E-state index in [2.05, 4.69) is 5.32 Å². The zero-order valence-electron chi connectivity index (χ0n) is 14.9. The van der Waals surface area contributed by atoms with Crippen LogP contribution in [0.15, 0.2) is 72.5 Å². The molecule has 0 spiro atoms. The topological polar surface area (TPSA) is 89.8 Å². The van der Waals surface area contributed by atoms with E-state index in [0.29, 0.717) is 18.7 Å². The van der Waals surface area contributed by atoms with Crippen LogP contribution in [0.5, 0.6) is 11.5 Å². The SMILES string of the molecule is O=C(/C=C(/C=C/c1ccc(O)cc1)NCCCO)/C=C/c1ccc(O)cc1. The summed E-state index contributed by atoms with van der Waals surface area (Å²) in [6.07, 6.45) is 8.78. The van der Waals surface area contributed by atoms with Gasteiger partial charge < -0.3 is 20.6 Å². The molecule has 2 aromatic rings. The van der Waals surface area contributed by atoms with Gasteiger partial charge in [0.2, 0.25) is 0 Å². The predicted octanol–water partition coefficient (Wildman–Crippen LogP) is 3.25. The number of carbonyl (C=O) groups is 1. The number of allylic oxidation sites excluding steroid dienone is 3. The number of nitrogens with one attached hydrogen (secondary N) is 1. The molecule has 2 rings (SSSR count). The van der Waals surface area contributed by atoms with Crippen molar-refractivity contribution in [2.75, 3.05) is 13.2 Å². The van der Waals surface area contributed by atoms with Crippen molar-refractivity contribution in [3.63, 3.8) is 0 Å². The quantitative estimate of drug-likeness (QED) is 0.311. The third-order valence-corrected chi connectivity index (χ3v) is 3.64. The monoisotopic (exact) mass is 365 g/mol. The van der Waals surface area contributed by atoms with Crippen molar-refractivity contribution in [1.29, 1.82) is 0 Å². The van der Waals surface area contributed by atoms with Crippen molar-refractivity contribution in [2.45, 2.75) is 6.42 Å². The molecule has 0 aromatic heterocycles. The number of aromatic hydroxyl groups is 2. The Labute approximate surface area is 158 Å². The van der Waals surface area contributed by atoms with Gasteiger partial charge in [0, 0.05) is 24.9 Å². The fraction of sp³-hybridized carbons (Fsp3) is 0.136. The van der Waals surface area contributed by atoms with E-state index in [-0.39, 0.29) is 23.9 Å². The summed E-state index contributed by atoms with van der Waals surface area (Å²) in [5, 5.41) is 30.6. The van der Waals surface area contributed by atoms with E-state index in [1.807, 2.05) is 6.08 Å². The fourth-order valence-electron chi connectivity index (χ4n) is 2.21. The standard InChI is InChI=1S/C22H23NO4/c24-15-1-14-23-19(8-2-17-3-9-20(25)10-4-17)16-22(27)13-7-18-5-11-21(26)12-6-18/h2-13,16,23-26H,1,14-15H2/b8-2+,13-7+,19-16-. The van der Waals surface area contributed by atoms with Gasteiger partial charge >= 0.3 is 0 Å². The number of carbonyl (C=O) groups excluding carboxylic acids is 1. The Bertz CT molecular complexity index is 818. The Morgan fingerprint density at radius 3 is 1.89 bits per heavy atom. The average Bonchev–Trinajstić information content (AvgIpc) is 2.67. The number of hydrogen-bond donors (Lipinski definition) is 4. The van der Waals surface area contributed by atoms with E-state index >= 15 is 0 Å². The Kier molecular flexibility index (Phi) is 7.88. The summed E-state index contributed by atoms with van der Waals surface area (Å²) >= 11 is 0. The van der Waals surface area contributed by atoms with E-state index in [1.165, 1.54) is 12.2 Å². The fourth-order valence-corrected chi connectivity index (χ4v) is 2.21. The first-order valence-electron chi connectivity index (χ1n) is 8.61. The lowest BCUT2D eigenvalue weighted by atomic mass is 10.1. The van der Waals surface area contributed by atoms with Gasteiger partial charge in [-0.3, -0.25) is 4.79 Å². The highest BCUT2D eigenvalue weighted by Crippen LogP contribution is 2.12. The molecular weight excluding hydrogens is 342 g/mol. The smallest absolute Gasteiger partial charge is 0.180 e. The van der Waals surface area contributed by atoms with Gasteiger partial charge in [-0.2, -0.15) is 0 Å². The average molecular weight is 365 g/mol. The molecule has 0 aliphatic heterocycles. The van der Waals surface area contributed by atoms with Gasteiger partial charge in [-0.05, 0) is 54.0 Å². The summed E-state index contributed by atoms with van der Waals surface area (Å²) in [5.41, 5.74) is 2.32. The van der Waals surface area contributed by atoms with E-state index in [4.69, 9.17) is 5.11 Å². The zero-order chi connectivity index (χ0) is 19.5. The van der Waals surface area contributed by atoms with Crippen LogP contribution < -0.4 is 5.32 Å². The van der Waals surface area contributed by atoms with Crippen LogP contribution in [0.1, 0.15) is 17.5 Å². The molecule has 0 radical (unpaired) electrons. The normalized spacial score (nSPS) is 12.0. The minimum atomic E-state index is -0.190. The number of ketones is 1. The molecule has 140 valence electrons. The van der Waals surface area contributed by atoms with Crippen molar-refractivity contribution >= 4 is 17.9 Å². The molecule has 0 amide bonds. The second kappa shape index (κ2) is 10.6. The van der Waals surface area contributed by atoms with Crippen molar-refractivity contribution in [3.8, 4) is 11.5 Å². The van der Waals surface area contributed by atoms with Crippen molar-refractivity contribution in [2.24, 2.45) is 0 Å². The summed E-state index contributed by atoms with van der Waals surface area (Å²) < 4.78 is 0. The molecule has 0 bridgehead atoms. The number of aliphatic hydroxyl groups is 1. The van der Waals surface area contributed by atoms with Crippen LogP contribution in [0.3, 0.4) is 0 Å².